The third-order valence-electron chi connectivity index (χ3n) is 4.47. The van der Waals surface area contributed by atoms with Crippen molar-refractivity contribution in [1.29, 1.82) is 0 Å². The number of fused-ring (bicyclic) bond motifs is 1. The highest BCUT2D eigenvalue weighted by Gasteiger charge is 2.54. The quantitative estimate of drug-likeness (QED) is 0.151. The van der Waals surface area contributed by atoms with Gasteiger partial charge in [0.2, 0.25) is 0 Å². The summed E-state index contributed by atoms with van der Waals surface area (Å²) in [6, 6.07) is -0.958. The zero-order chi connectivity index (χ0) is 22.1. The Kier molecular flexibility index (Phi) is 7.33. The normalized spacial score (nSPS) is 20.3. The number of nitrogens with one attached hydrogen (secondary N) is 2. The Morgan fingerprint density at radius 2 is 2.25 bits per heavy atom. The molecule has 0 aliphatic carbocycles. The van der Waals surface area contributed by atoms with E-state index in [2.05, 4.69) is 25.7 Å². The first-order valence-electron chi connectivity index (χ1n) is 8.66. The number of β-lactam (4-membered cyclic amide) rings is 1. The number of anilines is 1. The molecule has 0 bridgehead atoms. The fourth-order valence-corrected chi connectivity index (χ4v) is 6.15. The molecule has 0 unspecified atom stereocenters. The topological polar surface area (TPSA) is 187 Å². The number of hydrogen-bond donors (Lipinski definition) is 5. The summed E-state index contributed by atoms with van der Waals surface area (Å²) in [5, 5.41) is 32.0. The van der Waals surface area contributed by atoms with Crippen LogP contribution in [-0.2, 0) is 20.1 Å². The molecule has 2 aromatic heterocycles. The molecular weight excluding hydrogens is 502 g/mol. The lowest BCUT2D eigenvalue weighted by atomic mass is 10.0. The predicted octanol–water partition coefficient (Wildman–Crippen LogP) is 0.678. The van der Waals surface area contributed by atoms with E-state index in [-0.39, 0.29) is 34.6 Å². The minimum Gasteiger partial charge on any atom is -0.477 e. The third-order valence-corrected chi connectivity index (χ3v) is 7.77. The van der Waals surface area contributed by atoms with E-state index in [0.717, 1.165) is 16.9 Å². The maximum Gasteiger partial charge on any atom is 0.353 e. The molecule has 0 spiro atoms. The van der Waals surface area contributed by atoms with Crippen LogP contribution >= 0.6 is 47.3 Å². The molecule has 12 nitrogen and oxygen atoms in total. The second-order valence-electron chi connectivity index (χ2n) is 6.35. The van der Waals surface area contributed by atoms with Gasteiger partial charge in [0.15, 0.2) is 10.8 Å². The molecule has 0 saturated carbocycles. The van der Waals surface area contributed by atoms with Crippen LogP contribution in [0.15, 0.2) is 33.5 Å². The number of hydrogen-bond acceptors (Lipinski definition) is 11. The van der Waals surface area contributed by atoms with Crippen LogP contribution < -0.4 is 11.1 Å². The van der Waals surface area contributed by atoms with Gasteiger partial charge in [0.1, 0.15) is 22.8 Å². The number of nitrogens with two attached hydrogens (primary N) is 1. The third kappa shape index (κ3) is 4.41. The van der Waals surface area contributed by atoms with Crippen molar-refractivity contribution in [2.24, 2.45) is 5.16 Å². The number of carboxylic acid groups (broad SMARTS) is 1. The van der Waals surface area contributed by atoms with Crippen molar-refractivity contribution in [3.8, 4) is 0 Å². The highest BCUT2D eigenvalue weighted by molar-refractivity contribution is 8.05. The number of rotatable bonds is 7. The number of oxime groups is 1. The molecule has 2 aromatic rings. The largest absolute Gasteiger partial charge is 0.477 e. The number of carbonyl (C=O) groups is 3. The maximum absolute atomic E-state index is 12.7. The number of carboxylic acids is 1. The molecule has 1 saturated heterocycles. The first kappa shape index (κ1) is 23.9. The number of amides is 2. The molecule has 1 fully saturated rings. The van der Waals surface area contributed by atoms with Crippen molar-refractivity contribution in [1.82, 2.24) is 25.4 Å². The molecule has 16 heteroatoms. The van der Waals surface area contributed by atoms with Crippen LogP contribution in [0.5, 0.6) is 0 Å². The van der Waals surface area contributed by atoms with Crippen LogP contribution in [-0.4, -0.2) is 71.1 Å². The van der Waals surface area contributed by atoms with Gasteiger partial charge in [-0.3, -0.25) is 19.6 Å². The number of thiazole rings is 1. The van der Waals surface area contributed by atoms with E-state index < -0.39 is 29.2 Å². The lowest BCUT2D eigenvalue weighted by Crippen LogP contribution is -2.71. The number of H-pyrrole nitrogens is 1. The molecule has 0 aromatic carbocycles. The zero-order valence-corrected chi connectivity index (χ0v) is 19.2. The van der Waals surface area contributed by atoms with Gasteiger partial charge in [-0.05, 0) is 0 Å². The van der Waals surface area contributed by atoms with Gasteiger partial charge in [0.05, 0.1) is 6.20 Å². The van der Waals surface area contributed by atoms with Gasteiger partial charge in [0.25, 0.3) is 11.8 Å². The van der Waals surface area contributed by atoms with Gasteiger partial charge >= 0.3 is 5.97 Å². The van der Waals surface area contributed by atoms with E-state index in [9.17, 15) is 24.7 Å². The van der Waals surface area contributed by atoms with E-state index in [1.54, 1.807) is 12.4 Å². The fraction of sp³-hybridized carbons (Fsp3) is 0.250. The first-order valence-corrected chi connectivity index (χ1v) is 11.6. The Morgan fingerprint density at radius 1 is 1.47 bits per heavy atom. The van der Waals surface area contributed by atoms with Crippen LogP contribution in [0, 0.1) is 0 Å². The monoisotopic (exact) mass is 517 g/mol. The van der Waals surface area contributed by atoms with Crippen LogP contribution in [0.25, 0.3) is 0 Å². The van der Waals surface area contributed by atoms with Crippen molar-refractivity contribution < 1.29 is 24.7 Å². The standard InChI is InChI=1S/C16H15N7O5S3.ClH/c17-16-20-7(4-31-16)9(22-28)12(24)21-10-13(25)23-11(15(26)27)8(5-30-14(10)23)29-3-6-1-18-19-2-6;/h1-2,4,10,14,28H,3,5H2,(H2,17,20)(H,18,19)(H,21,24)(H,26,27);1H/b22-9-;/t10-,14+;/m1./s1. The molecule has 2 atom stereocenters. The van der Waals surface area contributed by atoms with Gasteiger partial charge in [-0.15, -0.1) is 47.3 Å². The second-order valence-corrected chi connectivity index (χ2v) is 9.42. The summed E-state index contributed by atoms with van der Waals surface area (Å²) >= 11 is 3.73. The zero-order valence-electron chi connectivity index (χ0n) is 15.9. The number of aromatic amines is 1. The Labute approximate surface area is 199 Å². The Balaban J connectivity index is 0.00000289. The van der Waals surface area contributed by atoms with Crippen molar-refractivity contribution in [3.05, 3.63) is 39.6 Å². The average molecular weight is 518 g/mol. The number of carbonyl (C=O) groups excluding carboxylic acids is 2. The summed E-state index contributed by atoms with van der Waals surface area (Å²) in [6.07, 6.45) is 3.35. The van der Waals surface area contributed by atoms with E-state index in [1.165, 1.54) is 33.8 Å². The Morgan fingerprint density at radius 3 is 2.84 bits per heavy atom. The van der Waals surface area contributed by atoms with Crippen LogP contribution in [0.4, 0.5) is 5.13 Å². The summed E-state index contributed by atoms with van der Waals surface area (Å²) in [6.45, 7) is 0. The molecule has 4 rings (SSSR count). The van der Waals surface area contributed by atoms with Crippen LogP contribution in [0.3, 0.4) is 0 Å². The van der Waals surface area contributed by atoms with E-state index in [4.69, 9.17) is 5.73 Å². The average Bonchev–Trinajstić information content (AvgIpc) is 3.42. The Bertz CT molecular complexity index is 1100. The summed E-state index contributed by atoms with van der Waals surface area (Å²) in [5.74, 6) is -1.71. The van der Waals surface area contributed by atoms with Crippen molar-refractivity contribution in [2.45, 2.75) is 17.2 Å². The summed E-state index contributed by atoms with van der Waals surface area (Å²) in [7, 11) is 0. The van der Waals surface area contributed by atoms with Gasteiger partial charge in [0, 0.05) is 33.6 Å². The van der Waals surface area contributed by atoms with Crippen molar-refractivity contribution >= 4 is 75.9 Å². The van der Waals surface area contributed by atoms with Crippen LogP contribution in [0.2, 0.25) is 0 Å². The maximum atomic E-state index is 12.7. The molecule has 170 valence electrons. The van der Waals surface area contributed by atoms with Crippen LogP contribution in [0.1, 0.15) is 11.3 Å². The lowest BCUT2D eigenvalue weighted by Gasteiger charge is -2.49. The second kappa shape index (κ2) is 9.81. The molecule has 2 aliphatic heterocycles. The summed E-state index contributed by atoms with van der Waals surface area (Å²) in [5.41, 5.74) is 6.04. The Hall–Kier alpha value is -2.75. The highest BCUT2D eigenvalue weighted by Crippen LogP contribution is 2.44. The summed E-state index contributed by atoms with van der Waals surface area (Å²) in [4.78, 5) is 42.7. The molecule has 32 heavy (non-hydrogen) atoms. The number of aromatic nitrogens is 3. The number of nitrogens with zero attached hydrogens (tertiary/aromatic N) is 4. The van der Waals surface area contributed by atoms with E-state index >= 15 is 0 Å². The molecule has 6 N–H and O–H groups in total. The smallest absolute Gasteiger partial charge is 0.353 e. The number of halogens is 1. The van der Waals surface area contributed by atoms with E-state index in [0.29, 0.717) is 16.4 Å². The number of thioether (sulfide) groups is 2. The van der Waals surface area contributed by atoms with Gasteiger partial charge < -0.3 is 21.4 Å². The van der Waals surface area contributed by atoms with Gasteiger partial charge in [-0.2, -0.15) is 5.10 Å². The molecular formula is C16H16ClN7O5S3. The first-order chi connectivity index (χ1) is 14.9. The molecule has 2 aliphatic rings. The van der Waals surface area contributed by atoms with E-state index in [1.807, 2.05) is 0 Å². The summed E-state index contributed by atoms with van der Waals surface area (Å²) < 4.78 is 0. The minimum absolute atomic E-state index is 0. The minimum atomic E-state index is -1.21. The molecule has 4 heterocycles. The van der Waals surface area contributed by atoms with Gasteiger partial charge in [-0.1, -0.05) is 5.16 Å². The van der Waals surface area contributed by atoms with Crippen molar-refractivity contribution in [2.75, 3.05) is 11.5 Å². The van der Waals surface area contributed by atoms with Gasteiger partial charge in [-0.25, -0.2) is 9.78 Å². The molecule has 0 radical (unpaired) electrons. The fourth-order valence-electron chi connectivity index (χ4n) is 3.05. The molecule has 2 amide bonds. The predicted molar refractivity (Wildman–Crippen MR) is 122 cm³/mol. The number of aliphatic carboxylic acids is 1. The highest BCUT2D eigenvalue weighted by atomic mass is 35.5. The SMILES string of the molecule is Cl.Nc1nc(/C(=N/O)C(=O)N[C@@H]2C(=O)N3C(C(=O)O)=C(SCc4cn[nH]c4)CS[C@@H]23)cs1. The number of nitrogen functional groups attached to an aromatic ring is 1. The lowest BCUT2D eigenvalue weighted by molar-refractivity contribution is -0.150. The van der Waals surface area contributed by atoms with Crippen molar-refractivity contribution in [3.63, 3.8) is 0 Å².